The van der Waals surface area contributed by atoms with Crippen LogP contribution in [0.2, 0.25) is 5.15 Å². The Kier molecular flexibility index (Phi) is 8.38. The van der Waals surface area contributed by atoms with E-state index in [0.717, 1.165) is 33.5 Å². The predicted molar refractivity (Wildman–Crippen MR) is 212 cm³/mol. The maximum atomic E-state index is 14.4. The zero-order valence-corrected chi connectivity index (χ0v) is 33.8. The Morgan fingerprint density at radius 1 is 1.02 bits per heavy atom. The molecule has 1 spiro atoms. The number of nitrogens with one attached hydrogen (secondary N) is 3. The number of ether oxygens (including phenoxy) is 1. The SMILES string of the molecule is CC(C)C(OP(=O)(O)O)C(=O)NC1Cc2ccc3c(c2)C24c5cccc(c5NC2O3)-c2cccc3c2C(=C(Cl)C3)c2oc(nc2Cl)-c2nc(oc24)C(C(C)C)NC1=O. The summed E-state index contributed by atoms with van der Waals surface area (Å²) in [6.45, 7) is 6.95. The first-order valence-corrected chi connectivity index (χ1v) is 21.2. The van der Waals surface area contributed by atoms with Gasteiger partial charge in [0.25, 0.3) is 11.8 Å². The van der Waals surface area contributed by atoms with E-state index in [-0.39, 0.29) is 40.7 Å². The molecule has 10 rings (SSSR count). The second-order valence-corrected chi connectivity index (χ2v) is 17.9. The molecule has 0 saturated heterocycles. The molecule has 3 aromatic carbocycles. The molecule has 5 atom stereocenters. The van der Waals surface area contributed by atoms with Crippen LogP contribution in [0.5, 0.6) is 5.75 Å². The number of para-hydroxylation sites is 1. The molecule has 4 aliphatic heterocycles. The lowest BCUT2D eigenvalue weighted by atomic mass is 9.72. The number of halogens is 2. The van der Waals surface area contributed by atoms with Crippen molar-refractivity contribution in [1.29, 1.82) is 0 Å². The molecule has 0 radical (unpaired) electrons. The average molecular weight is 845 g/mol. The highest BCUT2D eigenvalue weighted by Crippen LogP contribution is 2.62. The highest BCUT2D eigenvalue weighted by molar-refractivity contribution is 7.46. The van der Waals surface area contributed by atoms with E-state index >= 15 is 0 Å². The number of carbonyl (C=O) groups excluding carboxylic acids is 2. The molecule has 10 bridgehead atoms. The highest BCUT2D eigenvalue weighted by atomic mass is 35.5. The molecule has 17 heteroatoms. The summed E-state index contributed by atoms with van der Waals surface area (Å²) in [5.41, 5.74) is 6.38. The number of fused-ring (bicyclic) bond motifs is 7. The van der Waals surface area contributed by atoms with E-state index in [4.69, 9.17) is 51.3 Å². The fourth-order valence-electron chi connectivity index (χ4n) is 9.07. The fraction of sp³-hybridized carbons (Fsp3) is 0.317. The fourth-order valence-corrected chi connectivity index (χ4v) is 10.2. The maximum absolute atomic E-state index is 14.4. The Morgan fingerprint density at radius 3 is 2.55 bits per heavy atom. The van der Waals surface area contributed by atoms with Crippen LogP contribution in [0.25, 0.3) is 28.3 Å². The van der Waals surface area contributed by atoms with Crippen LogP contribution in [0.15, 0.2) is 68.5 Å². The quantitative estimate of drug-likeness (QED) is 0.110. The van der Waals surface area contributed by atoms with Crippen LogP contribution in [-0.4, -0.2) is 49.9 Å². The summed E-state index contributed by atoms with van der Waals surface area (Å²) in [4.78, 5) is 57.1. The Hall–Kier alpha value is -4.95. The van der Waals surface area contributed by atoms with Crippen molar-refractivity contribution in [3.63, 3.8) is 0 Å². The van der Waals surface area contributed by atoms with Crippen molar-refractivity contribution in [3.8, 4) is 28.5 Å². The number of oxazole rings is 2. The Balaban J connectivity index is 1.23. The number of phosphoric acid groups is 1. The van der Waals surface area contributed by atoms with E-state index in [1.54, 1.807) is 13.8 Å². The molecule has 2 amide bonds. The molecule has 5 unspecified atom stereocenters. The van der Waals surface area contributed by atoms with E-state index in [9.17, 15) is 23.9 Å². The van der Waals surface area contributed by atoms with Gasteiger partial charge in [0.15, 0.2) is 28.6 Å². The summed E-state index contributed by atoms with van der Waals surface area (Å²) in [5, 5.41) is 10.1. The van der Waals surface area contributed by atoms with Gasteiger partial charge in [-0.15, -0.1) is 0 Å². The maximum Gasteiger partial charge on any atom is 0.470 e. The van der Waals surface area contributed by atoms with Gasteiger partial charge in [-0.25, -0.2) is 9.55 Å². The van der Waals surface area contributed by atoms with Gasteiger partial charge < -0.3 is 39.3 Å². The van der Waals surface area contributed by atoms with Crippen molar-refractivity contribution in [3.05, 3.63) is 110 Å². The van der Waals surface area contributed by atoms with Gasteiger partial charge in [0, 0.05) is 45.8 Å². The third kappa shape index (κ3) is 5.46. The van der Waals surface area contributed by atoms with Crippen LogP contribution in [0, 0.1) is 11.8 Å². The Bertz CT molecular complexity index is 2700. The van der Waals surface area contributed by atoms with Crippen LogP contribution in [0.3, 0.4) is 0 Å². The van der Waals surface area contributed by atoms with Gasteiger partial charge >= 0.3 is 7.82 Å². The van der Waals surface area contributed by atoms with Gasteiger partial charge in [-0.3, -0.25) is 14.1 Å². The Labute approximate surface area is 341 Å². The van der Waals surface area contributed by atoms with Crippen molar-refractivity contribution >= 4 is 54.1 Å². The lowest BCUT2D eigenvalue weighted by molar-refractivity contribution is -0.135. The van der Waals surface area contributed by atoms with Crippen LogP contribution in [-0.2, 0) is 36.9 Å². The van der Waals surface area contributed by atoms with Crippen LogP contribution >= 0.6 is 31.0 Å². The van der Waals surface area contributed by atoms with Gasteiger partial charge in [-0.1, -0.05) is 99.4 Å². The standard InChI is InChI=1S/C41H36Cl2N5O9P/c1-16(2)29-38-46-31-34(56-38)41-22-10-6-9-21(20-8-5-7-19-15-24(42)28(27(19)20)33-35(43)48-39(31)55-33)30(22)47-40(41)54-26-12-11-18(13-23(26)41)14-25(36(49)45-29)44-37(50)32(17(3)4)57-58(51,52)53/h5-13,16-17,25,29,32,40,47H,14-15H2,1-4H3,(H,44,50)(H,45,49)(H2,51,52,53). The van der Waals surface area contributed by atoms with E-state index in [2.05, 4.69) is 16.0 Å². The minimum Gasteiger partial charge on any atom is -0.469 e. The lowest BCUT2D eigenvalue weighted by Crippen LogP contribution is -2.53. The number of nitrogens with zero attached hydrogens (tertiary/aromatic N) is 2. The predicted octanol–water partition coefficient (Wildman–Crippen LogP) is 6.98. The van der Waals surface area contributed by atoms with Gasteiger partial charge in [0.2, 0.25) is 11.8 Å². The second kappa shape index (κ2) is 13.0. The molecule has 0 fully saturated rings. The molecule has 58 heavy (non-hydrogen) atoms. The Morgan fingerprint density at radius 2 is 1.79 bits per heavy atom. The topological polar surface area (TPSA) is 198 Å². The first kappa shape index (κ1) is 37.3. The van der Waals surface area contributed by atoms with E-state index in [0.29, 0.717) is 39.7 Å². The normalized spacial score (nSPS) is 22.7. The molecule has 6 heterocycles. The summed E-state index contributed by atoms with van der Waals surface area (Å²) >= 11 is 14.0. The third-order valence-corrected chi connectivity index (χ3v) is 12.7. The number of hydrogen-bond donors (Lipinski definition) is 5. The first-order chi connectivity index (χ1) is 27.6. The van der Waals surface area contributed by atoms with Crippen LogP contribution < -0.4 is 20.7 Å². The van der Waals surface area contributed by atoms with Crippen molar-refractivity contribution in [1.82, 2.24) is 20.6 Å². The number of aromatic nitrogens is 2. The number of rotatable bonds is 6. The largest absolute Gasteiger partial charge is 0.470 e. The molecule has 5 aromatic rings. The molecule has 5 aliphatic rings. The van der Waals surface area contributed by atoms with Crippen molar-refractivity contribution in [2.24, 2.45) is 11.8 Å². The summed E-state index contributed by atoms with van der Waals surface area (Å²) in [5.74, 6) is -0.967. The molecular formula is C41H36Cl2N5O9P. The summed E-state index contributed by atoms with van der Waals surface area (Å²) in [6, 6.07) is 15.6. The highest BCUT2D eigenvalue weighted by Gasteiger charge is 2.62. The zero-order valence-electron chi connectivity index (χ0n) is 31.4. The number of anilines is 1. The molecule has 0 saturated carbocycles. The number of allylic oxidation sites excluding steroid dienone is 1. The van der Waals surface area contributed by atoms with Gasteiger partial charge in [0.05, 0.1) is 0 Å². The molecule has 14 nitrogen and oxygen atoms in total. The van der Waals surface area contributed by atoms with Crippen molar-refractivity contribution in [2.75, 3.05) is 5.32 Å². The van der Waals surface area contributed by atoms with E-state index < -0.39 is 55.4 Å². The van der Waals surface area contributed by atoms with Gasteiger partial charge in [-0.05, 0) is 40.2 Å². The number of phosphoric ester groups is 1. The van der Waals surface area contributed by atoms with E-state index in [1.807, 2.05) is 68.4 Å². The molecular weight excluding hydrogens is 808 g/mol. The number of hydrogen-bond acceptors (Lipinski definition) is 10. The molecule has 2 aromatic heterocycles. The molecule has 5 N–H and O–H groups in total. The average Bonchev–Trinajstić information content (AvgIpc) is 3.96. The number of amides is 2. The van der Waals surface area contributed by atoms with E-state index in [1.165, 1.54) is 0 Å². The molecule has 1 aliphatic carbocycles. The minimum atomic E-state index is -5.07. The molecule has 298 valence electrons. The third-order valence-electron chi connectivity index (χ3n) is 11.6. The summed E-state index contributed by atoms with van der Waals surface area (Å²) in [6.07, 6.45) is -1.82. The zero-order chi connectivity index (χ0) is 40.6. The monoisotopic (exact) mass is 843 g/mol. The van der Waals surface area contributed by atoms with Crippen molar-refractivity contribution in [2.45, 2.75) is 70.4 Å². The smallest absolute Gasteiger partial charge is 0.469 e. The lowest BCUT2D eigenvalue weighted by Gasteiger charge is -2.29. The summed E-state index contributed by atoms with van der Waals surface area (Å²) in [7, 11) is -5.07. The summed E-state index contributed by atoms with van der Waals surface area (Å²) < 4.78 is 37.2. The number of benzene rings is 3. The first-order valence-electron chi connectivity index (χ1n) is 18.9. The number of carbonyl (C=O) groups is 2. The van der Waals surface area contributed by atoms with Gasteiger partial charge in [-0.2, -0.15) is 4.98 Å². The minimum absolute atomic E-state index is 0.00142. The second-order valence-electron chi connectivity index (χ2n) is 15.9. The van der Waals surface area contributed by atoms with Crippen LogP contribution in [0.1, 0.15) is 79.0 Å². The van der Waals surface area contributed by atoms with Crippen molar-refractivity contribution < 1.29 is 42.0 Å². The van der Waals surface area contributed by atoms with Crippen LogP contribution in [0.4, 0.5) is 5.69 Å². The van der Waals surface area contributed by atoms with Gasteiger partial charge in [0.1, 0.15) is 29.4 Å².